The van der Waals surface area contributed by atoms with E-state index in [0.717, 1.165) is 43.2 Å². The molecule has 2 rings (SSSR count). The average Bonchev–Trinajstić information content (AvgIpc) is 2.75. The molecule has 5 nitrogen and oxygen atoms in total. The fourth-order valence-corrected chi connectivity index (χ4v) is 2.92. The molecule has 1 heterocycles. The summed E-state index contributed by atoms with van der Waals surface area (Å²) in [5.41, 5.74) is 2.05. The van der Waals surface area contributed by atoms with Crippen molar-refractivity contribution in [2.24, 2.45) is 0 Å². The van der Waals surface area contributed by atoms with Gasteiger partial charge in [-0.25, -0.2) is 14.8 Å². The number of rotatable bonds is 13. The van der Waals surface area contributed by atoms with Crippen LogP contribution in [0.4, 0.5) is 0 Å². The third-order valence-corrected chi connectivity index (χ3v) is 4.80. The molecule has 1 unspecified atom stereocenters. The lowest BCUT2D eigenvalue weighted by Crippen LogP contribution is -2.26. The van der Waals surface area contributed by atoms with Crippen LogP contribution in [-0.2, 0) is 16.0 Å². The molecule has 0 spiro atoms. The molecule has 158 valence electrons. The van der Waals surface area contributed by atoms with Crippen molar-refractivity contribution in [3.8, 4) is 17.1 Å². The molecule has 5 heteroatoms. The summed E-state index contributed by atoms with van der Waals surface area (Å²) in [7, 11) is 0. The lowest BCUT2D eigenvalue weighted by Gasteiger charge is -2.12. The highest BCUT2D eigenvalue weighted by Gasteiger charge is 2.16. The maximum absolute atomic E-state index is 12.2. The van der Waals surface area contributed by atoms with Crippen molar-refractivity contribution in [1.82, 2.24) is 9.97 Å². The minimum Gasteiger partial charge on any atom is -0.425 e. The molecule has 0 fully saturated rings. The van der Waals surface area contributed by atoms with E-state index in [1.54, 1.807) is 19.1 Å². The Morgan fingerprint density at radius 1 is 0.931 bits per heavy atom. The third-order valence-electron chi connectivity index (χ3n) is 4.80. The van der Waals surface area contributed by atoms with E-state index in [4.69, 9.17) is 9.47 Å². The fourth-order valence-electron chi connectivity index (χ4n) is 2.92. The molecule has 0 bridgehead atoms. The molecule has 0 aliphatic rings. The van der Waals surface area contributed by atoms with Crippen molar-refractivity contribution in [1.29, 1.82) is 0 Å². The Kier molecular flexibility index (Phi) is 10.4. The number of carbonyl (C=O) groups is 1. The van der Waals surface area contributed by atoms with Crippen LogP contribution in [0, 0.1) is 0 Å². The summed E-state index contributed by atoms with van der Waals surface area (Å²) in [4.78, 5) is 21.1. The number of hydrogen-bond acceptors (Lipinski definition) is 5. The van der Waals surface area contributed by atoms with Gasteiger partial charge in [0.1, 0.15) is 5.75 Å². The van der Waals surface area contributed by atoms with Crippen LogP contribution in [0.15, 0.2) is 36.7 Å². The molecule has 1 atom stereocenters. The van der Waals surface area contributed by atoms with E-state index in [9.17, 15) is 4.79 Å². The predicted octanol–water partition coefficient (Wildman–Crippen LogP) is 5.77. The monoisotopic (exact) mass is 398 g/mol. The van der Waals surface area contributed by atoms with Gasteiger partial charge in [-0.1, -0.05) is 46.0 Å². The van der Waals surface area contributed by atoms with E-state index in [1.807, 2.05) is 24.5 Å². The molecule has 1 aromatic carbocycles. The number of ether oxygens (including phenoxy) is 2. The molecule has 0 saturated carbocycles. The summed E-state index contributed by atoms with van der Waals surface area (Å²) in [5, 5.41) is 0. The normalized spacial score (nSPS) is 12.0. The van der Waals surface area contributed by atoms with E-state index < -0.39 is 6.10 Å². The van der Waals surface area contributed by atoms with Gasteiger partial charge in [0.15, 0.2) is 11.9 Å². The van der Waals surface area contributed by atoms with Crippen LogP contribution < -0.4 is 4.74 Å². The van der Waals surface area contributed by atoms with E-state index >= 15 is 0 Å². The van der Waals surface area contributed by atoms with Crippen molar-refractivity contribution in [2.75, 3.05) is 6.61 Å². The largest absolute Gasteiger partial charge is 0.425 e. The highest BCUT2D eigenvalue weighted by atomic mass is 16.6. The number of esters is 1. The predicted molar refractivity (Wildman–Crippen MR) is 116 cm³/mol. The molecule has 1 aromatic heterocycles. The highest BCUT2D eigenvalue weighted by Crippen LogP contribution is 2.20. The average molecular weight is 399 g/mol. The van der Waals surface area contributed by atoms with E-state index in [2.05, 4.69) is 23.8 Å². The van der Waals surface area contributed by atoms with Gasteiger partial charge in [-0.3, -0.25) is 0 Å². The van der Waals surface area contributed by atoms with Gasteiger partial charge >= 0.3 is 5.97 Å². The first-order valence-corrected chi connectivity index (χ1v) is 10.9. The molecular weight excluding hydrogens is 364 g/mol. The van der Waals surface area contributed by atoms with Crippen LogP contribution in [0.2, 0.25) is 0 Å². The highest BCUT2D eigenvalue weighted by molar-refractivity contribution is 5.77. The smallest absolute Gasteiger partial charge is 0.340 e. The van der Waals surface area contributed by atoms with Crippen molar-refractivity contribution >= 4 is 5.97 Å². The minimum atomic E-state index is -0.570. The molecule has 0 saturated heterocycles. The van der Waals surface area contributed by atoms with Gasteiger partial charge in [-0.15, -0.1) is 0 Å². The number of benzene rings is 1. The van der Waals surface area contributed by atoms with Crippen molar-refractivity contribution in [3.05, 3.63) is 42.2 Å². The van der Waals surface area contributed by atoms with E-state index in [1.165, 1.54) is 19.3 Å². The summed E-state index contributed by atoms with van der Waals surface area (Å²) in [6.07, 6.45) is 12.3. The zero-order valence-corrected chi connectivity index (χ0v) is 18.0. The zero-order chi connectivity index (χ0) is 20.9. The SMILES string of the molecule is CCCCCCCOC(C)C(=O)Oc1ccc(-c2ncc(CCCC)cn2)cc1. The first-order valence-electron chi connectivity index (χ1n) is 10.9. The number of nitrogens with zero attached hydrogens (tertiary/aromatic N) is 2. The van der Waals surface area contributed by atoms with Crippen LogP contribution in [0.1, 0.15) is 71.3 Å². The maximum Gasteiger partial charge on any atom is 0.340 e. The lowest BCUT2D eigenvalue weighted by molar-refractivity contribution is -0.146. The van der Waals surface area contributed by atoms with Gasteiger partial charge in [0.05, 0.1) is 0 Å². The number of aryl methyl sites for hydroxylation is 1. The Morgan fingerprint density at radius 2 is 1.59 bits per heavy atom. The topological polar surface area (TPSA) is 61.3 Å². The molecule has 2 aromatic rings. The number of hydrogen-bond donors (Lipinski definition) is 0. The molecule has 29 heavy (non-hydrogen) atoms. The van der Waals surface area contributed by atoms with E-state index in [-0.39, 0.29) is 5.97 Å². The number of carbonyl (C=O) groups excluding carboxylic acids is 1. The quantitative estimate of drug-likeness (QED) is 0.244. The molecule has 0 aliphatic carbocycles. The third kappa shape index (κ3) is 8.32. The molecule has 0 amide bonds. The van der Waals surface area contributed by atoms with Crippen LogP contribution in [0.5, 0.6) is 5.75 Å². The van der Waals surface area contributed by atoms with Gasteiger partial charge in [0.25, 0.3) is 0 Å². The van der Waals surface area contributed by atoms with Gasteiger partial charge in [-0.2, -0.15) is 0 Å². The summed E-state index contributed by atoms with van der Waals surface area (Å²) in [6, 6.07) is 7.25. The van der Waals surface area contributed by atoms with Gasteiger partial charge < -0.3 is 9.47 Å². The molecule has 0 aliphatic heterocycles. The second-order valence-corrected chi connectivity index (χ2v) is 7.39. The standard InChI is InChI=1S/C24H34N2O3/c1-4-6-8-9-10-16-28-19(3)24(27)29-22-14-12-21(13-15-22)23-25-17-20(18-26-23)11-7-5-2/h12-15,17-19H,4-11,16H2,1-3H3. The Bertz CT molecular complexity index is 714. The molecule has 0 N–H and O–H groups in total. The van der Waals surface area contributed by atoms with Crippen molar-refractivity contribution in [2.45, 2.75) is 78.2 Å². The van der Waals surface area contributed by atoms with Gasteiger partial charge in [0.2, 0.25) is 0 Å². The minimum absolute atomic E-state index is 0.372. The summed E-state index contributed by atoms with van der Waals surface area (Å²) >= 11 is 0. The fraction of sp³-hybridized carbons (Fsp3) is 0.542. The Hall–Kier alpha value is -2.27. The van der Waals surface area contributed by atoms with Crippen molar-refractivity contribution in [3.63, 3.8) is 0 Å². The van der Waals surface area contributed by atoms with E-state index in [0.29, 0.717) is 18.2 Å². The maximum atomic E-state index is 12.2. The first-order chi connectivity index (χ1) is 14.1. The number of aromatic nitrogens is 2. The Balaban J connectivity index is 1.79. The Labute approximate surface area is 174 Å². The van der Waals surface area contributed by atoms with Crippen LogP contribution in [-0.4, -0.2) is 28.6 Å². The second-order valence-electron chi connectivity index (χ2n) is 7.39. The summed E-state index contributed by atoms with van der Waals surface area (Å²) in [6.45, 7) is 6.69. The second kappa shape index (κ2) is 13.0. The lowest BCUT2D eigenvalue weighted by atomic mass is 10.1. The zero-order valence-electron chi connectivity index (χ0n) is 18.0. The van der Waals surface area contributed by atoms with Gasteiger partial charge in [-0.05, 0) is 56.0 Å². The molecule has 0 radical (unpaired) electrons. The molecular formula is C24H34N2O3. The van der Waals surface area contributed by atoms with Crippen molar-refractivity contribution < 1.29 is 14.3 Å². The Morgan fingerprint density at radius 3 is 2.24 bits per heavy atom. The van der Waals surface area contributed by atoms with Crippen LogP contribution in [0.25, 0.3) is 11.4 Å². The summed E-state index contributed by atoms with van der Waals surface area (Å²) in [5.74, 6) is 0.794. The first kappa shape index (κ1) is 23.0. The van der Waals surface area contributed by atoms with Crippen LogP contribution in [0.3, 0.4) is 0 Å². The van der Waals surface area contributed by atoms with Gasteiger partial charge in [0, 0.05) is 24.6 Å². The number of unbranched alkanes of at least 4 members (excludes halogenated alkanes) is 5. The van der Waals surface area contributed by atoms with Crippen LogP contribution >= 0.6 is 0 Å². The summed E-state index contributed by atoms with van der Waals surface area (Å²) < 4.78 is 11.0.